The second-order valence-corrected chi connectivity index (χ2v) is 7.86. The number of nitrogens with one attached hydrogen (secondary N) is 1. The lowest BCUT2D eigenvalue weighted by Crippen LogP contribution is -2.25. The third-order valence-electron chi connectivity index (χ3n) is 4.12. The Morgan fingerprint density at radius 2 is 1.80 bits per heavy atom. The highest BCUT2D eigenvalue weighted by molar-refractivity contribution is 7.89. The molecule has 2 N–H and O–H groups in total. The molecule has 0 spiro atoms. The summed E-state index contributed by atoms with van der Waals surface area (Å²) < 4.78 is 27.0. The molecular weight excluding hydrogens is 340 g/mol. The van der Waals surface area contributed by atoms with Crippen LogP contribution in [-0.4, -0.2) is 23.8 Å². The number of hydrogen-bond donors (Lipinski definition) is 2. The Balaban J connectivity index is 1.82. The molecule has 0 aromatic heterocycles. The van der Waals surface area contributed by atoms with E-state index in [9.17, 15) is 13.2 Å². The Morgan fingerprint density at radius 3 is 2.48 bits per heavy atom. The number of hydroxylamine groups is 1. The maximum Gasteiger partial charge on any atom is 0.267 e. The summed E-state index contributed by atoms with van der Waals surface area (Å²) in [5.41, 5.74) is 5.14. The molecule has 0 unspecified atom stereocenters. The van der Waals surface area contributed by atoms with Gasteiger partial charge in [0.25, 0.3) is 5.91 Å². The number of fused-ring (bicyclic) bond motifs is 1. The van der Waals surface area contributed by atoms with Crippen molar-refractivity contribution < 1.29 is 18.4 Å². The normalized spacial score (nSPS) is 14.6. The van der Waals surface area contributed by atoms with Crippen LogP contribution in [0.4, 0.5) is 0 Å². The number of amides is 1. The monoisotopic (exact) mass is 358 g/mol. The molecule has 0 saturated carbocycles. The van der Waals surface area contributed by atoms with Crippen molar-refractivity contribution in [3.05, 3.63) is 70.8 Å². The summed E-state index contributed by atoms with van der Waals surface area (Å²) in [7, 11) is -3.55. The Labute approximate surface area is 146 Å². The molecule has 130 valence electrons. The van der Waals surface area contributed by atoms with Crippen molar-refractivity contribution in [1.29, 1.82) is 0 Å². The van der Waals surface area contributed by atoms with Crippen LogP contribution in [0.25, 0.3) is 6.08 Å². The SMILES string of the molecule is Cc1ccc(S(=O)(=O)N2Cc3ccc(C=CC(=O)NO)cc3C2)cc1. The predicted molar refractivity (Wildman–Crippen MR) is 93.0 cm³/mol. The smallest absolute Gasteiger partial charge is 0.267 e. The van der Waals surface area contributed by atoms with Crippen LogP contribution >= 0.6 is 0 Å². The lowest BCUT2D eigenvalue weighted by Gasteiger charge is -2.15. The molecule has 0 bridgehead atoms. The molecule has 2 aromatic carbocycles. The lowest BCUT2D eigenvalue weighted by atomic mass is 10.1. The molecule has 3 rings (SSSR count). The summed E-state index contributed by atoms with van der Waals surface area (Å²) in [5.74, 6) is -0.621. The zero-order valence-corrected chi connectivity index (χ0v) is 14.5. The highest BCUT2D eigenvalue weighted by Gasteiger charge is 2.30. The third-order valence-corrected chi connectivity index (χ3v) is 5.93. The Morgan fingerprint density at radius 1 is 1.12 bits per heavy atom. The molecule has 0 atom stereocenters. The third kappa shape index (κ3) is 3.63. The van der Waals surface area contributed by atoms with E-state index in [-0.39, 0.29) is 4.90 Å². The average Bonchev–Trinajstić information content (AvgIpc) is 3.04. The number of nitrogens with zero attached hydrogens (tertiary/aromatic N) is 1. The van der Waals surface area contributed by atoms with Crippen LogP contribution in [0.1, 0.15) is 22.3 Å². The van der Waals surface area contributed by atoms with Gasteiger partial charge in [0.15, 0.2) is 0 Å². The molecule has 0 fully saturated rings. The summed E-state index contributed by atoms with van der Waals surface area (Å²) in [6.45, 7) is 2.53. The quantitative estimate of drug-likeness (QED) is 0.498. The van der Waals surface area contributed by atoms with Crippen LogP contribution < -0.4 is 5.48 Å². The largest absolute Gasteiger partial charge is 0.288 e. The molecule has 0 radical (unpaired) electrons. The zero-order valence-electron chi connectivity index (χ0n) is 13.6. The fourth-order valence-corrected chi connectivity index (χ4v) is 4.12. The van der Waals surface area contributed by atoms with Crippen LogP contribution in [0.15, 0.2) is 53.4 Å². The molecule has 2 aromatic rings. The van der Waals surface area contributed by atoms with E-state index >= 15 is 0 Å². The number of carbonyl (C=O) groups is 1. The topological polar surface area (TPSA) is 86.7 Å². The molecule has 6 nitrogen and oxygen atoms in total. The average molecular weight is 358 g/mol. The molecule has 0 aliphatic carbocycles. The summed E-state index contributed by atoms with van der Waals surface area (Å²) in [4.78, 5) is 11.3. The van der Waals surface area contributed by atoms with Crippen LogP contribution in [0.3, 0.4) is 0 Å². The Bertz CT molecular complexity index is 934. The molecular formula is C18H18N2O4S. The zero-order chi connectivity index (χ0) is 18.0. The first-order chi connectivity index (χ1) is 11.9. The number of aryl methyl sites for hydroxylation is 1. The van der Waals surface area contributed by atoms with E-state index in [1.165, 1.54) is 15.9 Å². The van der Waals surface area contributed by atoms with Crippen LogP contribution in [-0.2, 0) is 27.9 Å². The van der Waals surface area contributed by atoms with E-state index in [0.717, 1.165) is 22.3 Å². The second kappa shape index (κ2) is 6.79. The predicted octanol–water partition coefficient (Wildman–Crippen LogP) is 2.22. The van der Waals surface area contributed by atoms with Gasteiger partial charge in [-0.1, -0.05) is 35.9 Å². The Hall–Kier alpha value is -2.48. The minimum Gasteiger partial charge on any atom is -0.288 e. The number of rotatable bonds is 4. The lowest BCUT2D eigenvalue weighted by molar-refractivity contribution is -0.124. The van der Waals surface area contributed by atoms with Gasteiger partial charge in [-0.25, -0.2) is 13.9 Å². The van der Waals surface area contributed by atoms with Gasteiger partial charge < -0.3 is 0 Å². The molecule has 1 aliphatic rings. The van der Waals surface area contributed by atoms with Gasteiger partial charge >= 0.3 is 0 Å². The molecule has 1 aliphatic heterocycles. The van der Waals surface area contributed by atoms with Gasteiger partial charge in [0.1, 0.15) is 0 Å². The maximum absolute atomic E-state index is 12.8. The molecule has 1 amide bonds. The van der Waals surface area contributed by atoms with E-state index in [2.05, 4.69) is 0 Å². The van der Waals surface area contributed by atoms with Gasteiger partial charge in [0.2, 0.25) is 10.0 Å². The Kier molecular flexibility index (Phi) is 4.71. The molecule has 25 heavy (non-hydrogen) atoms. The van der Waals surface area contributed by atoms with Crippen molar-refractivity contribution in [3.63, 3.8) is 0 Å². The van der Waals surface area contributed by atoms with Crippen molar-refractivity contribution in [3.8, 4) is 0 Å². The number of benzene rings is 2. The van der Waals surface area contributed by atoms with Crippen molar-refractivity contribution in [2.24, 2.45) is 0 Å². The number of carbonyl (C=O) groups excluding carboxylic acids is 1. The highest BCUT2D eigenvalue weighted by Crippen LogP contribution is 2.29. The van der Waals surface area contributed by atoms with Gasteiger partial charge in [-0.3, -0.25) is 10.0 Å². The van der Waals surface area contributed by atoms with E-state index in [4.69, 9.17) is 5.21 Å². The summed E-state index contributed by atoms with van der Waals surface area (Å²) in [6.07, 6.45) is 2.76. The maximum atomic E-state index is 12.8. The summed E-state index contributed by atoms with van der Waals surface area (Å²) in [6, 6.07) is 12.3. The first-order valence-corrected chi connectivity index (χ1v) is 9.15. The number of hydrogen-bond acceptors (Lipinski definition) is 4. The van der Waals surface area contributed by atoms with Gasteiger partial charge in [-0.2, -0.15) is 4.31 Å². The van der Waals surface area contributed by atoms with E-state index in [0.29, 0.717) is 13.1 Å². The van der Waals surface area contributed by atoms with Gasteiger partial charge in [-0.05, 0) is 41.8 Å². The van der Waals surface area contributed by atoms with E-state index < -0.39 is 15.9 Å². The first-order valence-electron chi connectivity index (χ1n) is 7.71. The highest BCUT2D eigenvalue weighted by atomic mass is 32.2. The minimum absolute atomic E-state index is 0.283. The van der Waals surface area contributed by atoms with Crippen molar-refractivity contribution in [2.75, 3.05) is 0 Å². The number of sulfonamides is 1. The second-order valence-electron chi connectivity index (χ2n) is 5.92. The molecule has 1 heterocycles. The standard InChI is InChI=1S/C18H18N2O4S/c1-13-2-7-17(8-3-13)25(23,24)20-11-15-6-4-14(10-16(15)12-20)5-9-18(21)19-22/h2-10,22H,11-12H2,1H3,(H,19,21). The summed E-state index contributed by atoms with van der Waals surface area (Å²) >= 11 is 0. The fraction of sp³-hybridized carbons (Fsp3) is 0.167. The van der Waals surface area contributed by atoms with Crippen LogP contribution in [0.2, 0.25) is 0 Å². The van der Waals surface area contributed by atoms with E-state index in [1.54, 1.807) is 30.3 Å². The van der Waals surface area contributed by atoms with Crippen LogP contribution in [0.5, 0.6) is 0 Å². The molecule has 0 saturated heterocycles. The van der Waals surface area contributed by atoms with Crippen LogP contribution in [0, 0.1) is 6.92 Å². The summed E-state index contributed by atoms with van der Waals surface area (Å²) in [5, 5.41) is 8.49. The molecule has 7 heteroatoms. The minimum atomic E-state index is -3.55. The van der Waals surface area contributed by atoms with E-state index in [1.807, 2.05) is 25.1 Å². The van der Waals surface area contributed by atoms with Gasteiger partial charge in [-0.15, -0.1) is 0 Å². The first kappa shape index (κ1) is 17.3. The fourth-order valence-electron chi connectivity index (χ4n) is 2.73. The van der Waals surface area contributed by atoms with Gasteiger partial charge in [0, 0.05) is 19.2 Å². The van der Waals surface area contributed by atoms with Crippen molar-refractivity contribution in [1.82, 2.24) is 9.79 Å². The van der Waals surface area contributed by atoms with Gasteiger partial charge in [0.05, 0.1) is 4.90 Å². The van der Waals surface area contributed by atoms with Crippen molar-refractivity contribution in [2.45, 2.75) is 24.9 Å². The van der Waals surface area contributed by atoms with Crippen molar-refractivity contribution >= 4 is 22.0 Å².